The third kappa shape index (κ3) is 5.21. The van der Waals surface area contributed by atoms with Crippen molar-refractivity contribution in [2.24, 2.45) is 0 Å². The number of hydrogen-bond donors (Lipinski definition) is 1. The van der Waals surface area contributed by atoms with Crippen LogP contribution in [0.4, 0.5) is 10.1 Å². The lowest BCUT2D eigenvalue weighted by Crippen LogP contribution is -2.51. The van der Waals surface area contributed by atoms with Gasteiger partial charge in [0.25, 0.3) is 0 Å². The Hall–Kier alpha value is -2.28. The average Bonchev–Trinajstić information content (AvgIpc) is 3.25. The Morgan fingerprint density at radius 3 is 2.45 bits per heavy atom. The van der Waals surface area contributed by atoms with Gasteiger partial charge in [0.1, 0.15) is 11.9 Å². The van der Waals surface area contributed by atoms with E-state index in [2.05, 4.69) is 15.1 Å². The van der Waals surface area contributed by atoms with Crippen molar-refractivity contribution < 1.29 is 13.9 Å². The highest BCUT2D eigenvalue weighted by Gasteiger charge is 2.31. The van der Waals surface area contributed by atoms with Gasteiger partial charge in [-0.15, -0.1) is 0 Å². The summed E-state index contributed by atoms with van der Waals surface area (Å²) in [7, 11) is 0. The molecule has 2 aromatic carbocycles. The number of carbonyl (C=O) groups is 1. The van der Waals surface area contributed by atoms with Gasteiger partial charge in [0.2, 0.25) is 5.91 Å². The molecule has 6 heteroatoms. The summed E-state index contributed by atoms with van der Waals surface area (Å²) in [4.78, 5) is 17.9. The fourth-order valence-electron chi connectivity index (χ4n) is 4.19. The van der Waals surface area contributed by atoms with Crippen LogP contribution in [0.3, 0.4) is 0 Å². The summed E-state index contributed by atoms with van der Waals surface area (Å²) in [6.45, 7) is 5.35. The molecule has 2 aliphatic rings. The molecule has 2 aromatic rings. The quantitative estimate of drug-likeness (QED) is 0.812. The Morgan fingerprint density at radius 1 is 1.07 bits per heavy atom. The first kappa shape index (κ1) is 20.0. The van der Waals surface area contributed by atoms with Gasteiger partial charge in [-0.1, -0.05) is 30.3 Å². The second-order valence-electron chi connectivity index (χ2n) is 7.78. The molecule has 0 spiro atoms. The van der Waals surface area contributed by atoms with Gasteiger partial charge in [-0.25, -0.2) is 4.39 Å². The maximum absolute atomic E-state index is 13.2. The molecule has 2 fully saturated rings. The molecular formula is C23H28FN3O2. The second-order valence-corrected chi connectivity index (χ2v) is 7.78. The van der Waals surface area contributed by atoms with Gasteiger partial charge >= 0.3 is 0 Å². The van der Waals surface area contributed by atoms with Crippen molar-refractivity contribution in [2.45, 2.75) is 25.0 Å². The molecule has 5 nitrogen and oxygen atoms in total. The Balaban J connectivity index is 1.43. The van der Waals surface area contributed by atoms with Crippen LogP contribution >= 0.6 is 0 Å². The molecule has 0 bridgehead atoms. The Kier molecular flexibility index (Phi) is 6.54. The van der Waals surface area contributed by atoms with Crippen molar-refractivity contribution in [1.82, 2.24) is 9.80 Å². The Labute approximate surface area is 171 Å². The zero-order valence-electron chi connectivity index (χ0n) is 16.6. The highest BCUT2D eigenvalue weighted by molar-refractivity contribution is 5.95. The molecule has 0 saturated carbocycles. The molecule has 4 rings (SSSR count). The first-order valence-corrected chi connectivity index (χ1v) is 10.4. The maximum atomic E-state index is 13.2. The minimum absolute atomic E-state index is 0.0876. The second kappa shape index (κ2) is 9.48. The monoisotopic (exact) mass is 397 g/mol. The van der Waals surface area contributed by atoms with Crippen molar-refractivity contribution in [3.63, 3.8) is 0 Å². The molecule has 29 heavy (non-hydrogen) atoms. The largest absolute Gasteiger partial charge is 0.377 e. The number of amides is 1. The van der Waals surface area contributed by atoms with E-state index < -0.39 is 0 Å². The summed E-state index contributed by atoms with van der Waals surface area (Å²) >= 11 is 0. The third-order valence-electron chi connectivity index (χ3n) is 5.73. The van der Waals surface area contributed by atoms with Crippen molar-refractivity contribution in [1.29, 1.82) is 0 Å². The van der Waals surface area contributed by atoms with Crippen LogP contribution < -0.4 is 5.32 Å². The molecule has 154 valence electrons. The topological polar surface area (TPSA) is 44.8 Å². The van der Waals surface area contributed by atoms with Gasteiger partial charge in [-0.3, -0.25) is 14.6 Å². The summed E-state index contributed by atoms with van der Waals surface area (Å²) in [5.41, 5.74) is 1.58. The normalized spacial score (nSPS) is 21.8. The number of halogens is 1. The molecular weight excluding hydrogens is 369 g/mol. The van der Waals surface area contributed by atoms with E-state index in [1.165, 1.54) is 12.1 Å². The first-order chi connectivity index (χ1) is 14.2. The maximum Gasteiger partial charge on any atom is 0.246 e. The Morgan fingerprint density at radius 2 is 1.79 bits per heavy atom. The number of benzene rings is 2. The van der Waals surface area contributed by atoms with Crippen molar-refractivity contribution in [3.05, 3.63) is 66.0 Å². The van der Waals surface area contributed by atoms with Crippen LogP contribution in [0.25, 0.3) is 0 Å². The smallest absolute Gasteiger partial charge is 0.246 e. The number of carbonyl (C=O) groups excluding carboxylic acids is 1. The molecule has 2 aliphatic heterocycles. The molecule has 0 aliphatic carbocycles. The van der Waals surface area contributed by atoms with E-state index in [4.69, 9.17) is 4.74 Å². The third-order valence-corrected chi connectivity index (χ3v) is 5.73. The summed E-state index contributed by atoms with van der Waals surface area (Å²) in [6, 6.07) is 15.4. The molecule has 0 aromatic heterocycles. The minimum atomic E-state index is -0.369. The molecule has 2 unspecified atom stereocenters. The lowest BCUT2D eigenvalue weighted by Gasteiger charge is -2.39. The number of ether oxygens (including phenoxy) is 1. The predicted molar refractivity (Wildman–Crippen MR) is 111 cm³/mol. The van der Waals surface area contributed by atoms with Gasteiger partial charge in [0.05, 0.1) is 6.10 Å². The number of piperazine rings is 1. The van der Waals surface area contributed by atoms with Crippen LogP contribution in [0.5, 0.6) is 0 Å². The van der Waals surface area contributed by atoms with Crippen LogP contribution in [0.2, 0.25) is 0 Å². The first-order valence-electron chi connectivity index (χ1n) is 10.4. The van der Waals surface area contributed by atoms with Gasteiger partial charge in [0, 0.05) is 45.0 Å². The van der Waals surface area contributed by atoms with Crippen molar-refractivity contribution in [3.8, 4) is 0 Å². The number of hydrogen-bond acceptors (Lipinski definition) is 4. The molecule has 2 heterocycles. The molecule has 2 saturated heterocycles. The SMILES string of the molecule is O=C(Nc1ccc(F)cc1)C(c1ccccc1)N1CCN(CC2CCCO2)CC1. The van der Waals surface area contributed by atoms with Gasteiger partial charge in [-0.05, 0) is 42.7 Å². The minimum Gasteiger partial charge on any atom is -0.377 e. The standard InChI is InChI=1S/C23H28FN3O2/c24-19-8-10-20(11-9-19)25-23(28)22(18-5-2-1-3-6-18)27-14-12-26(13-15-27)17-21-7-4-16-29-21/h1-3,5-6,8-11,21-22H,4,7,12-17H2,(H,25,28). The van der Waals surface area contributed by atoms with Crippen LogP contribution in [0, 0.1) is 5.82 Å². The number of nitrogens with zero attached hydrogens (tertiary/aromatic N) is 2. The Bertz CT molecular complexity index is 786. The number of rotatable bonds is 6. The van der Waals surface area contributed by atoms with Crippen molar-refractivity contribution >= 4 is 11.6 Å². The van der Waals surface area contributed by atoms with E-state index in [1.54, 1.807) is 12.1 Å². The lowest BCUT2D eigenvalue weighted by atomic mass is 10.0. The summed E-state index contributed by atoms with van der Waals surface area (Å²) in [6.07, 6.45) is 2.66. The van der Waals surface area contributed by atoms with Gasteiger partial charge < -0.3 is 10.1 Å². The summed E-state index contributed by atoms with van der Waals surface area (Å²) < 4.78 is 19.0. The fourth-order valence-corrected chi connectivity index (χ4v) is 4.19. The van der Waals surface area contributed by atoms with E-state index in [-0.39, 0.29) is 17.8 Å². The highest BCUT2D eigenvalue weighted by Crippen LogP contribution is 2.25. The van der Waals surface area contributed by atoms with Crippen LogP contribution in [-0.2, 0) is 9.53 Å². The average molecular weight is 397 g/mol. The summed E-state index contributed by atoms with van der Waals surface area (Å²) in [5, 5.41) is 2.95. The zero-order chi connectivity index (χ0) is 20.1. The van der Waals surface area contributed by atoms with E-state index in [9.17, 15) is 9.18 Å². The number of anilines is 1. The van der Waals surface area contributed by atoms with E-state index >= 15 is 0 Å². The fraction of sp³-hybridized carbons (Fsp3) is 0.435. The van der Waals surface area contributed by atoms with E-state index in [1.807, 2.05) is 30.3 Å². The van der Waals surface area contributed by atoms with Crippen LogP contribution in [0.15, 0.2) is 54.6 Å². The summed E-state index contributed by atoms with van der Waals surface area (Å²) in [5.74, 6) is -0.402. The zero-order valence-corrected chi connectivity index (χ0v) is 16.6. The van der Waals surface area contributed by atoms with Crippen LogP contribution in [0.1, 0.15) is 24.4 Å². The molecule has 1 N–H and O–H groups in total. The van der Waals surface area contributed by atoms with Gasteiger partial charge in [-0.2, -0.15) is 0 Å². The van der Waals surface area contributed by atoms with Gasteiger partial charge in [0.15, 0.2) is 0 Å². The lowest BCUT2D eigenvalue weighted by molar-refractivity contribution is -0.122. The molecule has 1 amide bonds. The van der Waals surface area contributed by atoms with E-state index in [0.717, 1.165) is 57.7 Å². The highest BCUT2D eigenvalue weighted by atomic mass is 19.1. The molecule has 0 radical (unpaired) electrons. The predicted octanol–water partition coefficient (Wildman–Crippen LogP) is 3.30. The van der Waals surface area contributed by atoms with Crippen LogP contribution in [-0.4, -0.2) is 61.1 Å². The van der Waals surface area contributed by atoms with Crippen molar-refractivity contribution in [2.75, 3.05) is 44.6 Å². The number of nitrogens with one attached hydrogen (secondary N) is 1. The van der Waals surface area contributed by atoms with E-state index in [0.29, 0.717) is 11.8 Å². The molecule has 2 atom stereocenters.